The lowest BCUT2D eigenvalue weighted by Crippen LogP contribution is -2.25. The van der Waals surface area contributed by atoms with Gasteiger partial charge in [0.2, 0.25) is 0 Å². The molecule has 0 saturated heterocycles. The highest BCUT2D eigenvalue weighted by atomic mass is 19.1. The Morgan fingerprint density at radius 3 is 2.50 bits per heavy atom. The van der Waals surface area contributed by atoms with Crippen LogP contribution in [0, 0.1) is 5.82 Å². The Hall–Kier alpha value is -2.36. The van der Waals surface area contributed by atoms with Crippen molar-refractivity contribution in [1.29, 1.82) is 0 Å². The molecule has 0 unspecified atom stereocenters. The lowest BCUT2D eigenvalue weighted by Gasteiger charge is -2.06. The van der Waals surface area contributed by atoms with Crippen LogP contribution in [-0.4, -0.2) is 12.5 Å². The first-order valence-corrected chi connectivity index (χ1v) is 6.54. The number of carbonyl (C=O) groups is 1. The smallest absolute Gasteiger partial charge is 0.254 e. The summed E-state index contributed by atoms with van der Waals surface area (Å²) >= 11 is 0. The van der Waals surface area contributed by atoms with Crippen LogP contribution in [0.15, 0.2) is 48.5 Å². The molecule has 0 heterocycles. The van der Waals surface area contributed by atoms with Gasteiger partial charge in [0.25, 0.3) is 5.91 Å². The van der Waals surface area contributed by atoms with Gasteiger partial charge < -0.3 is 11.1 Å². The second kappa shape index (κ2) is 6.70. The van der Waals surface area contributed by atoms with Crippen LogP contribution in [0.2, 0.25) is 0 Å². The first kappa shape index (κ1) is 14.1. The molecule has 0 aliphatic heterocycles. The molecule has 0 radical (unpaired) electrons. The van der Waals surface area contributed by atoms with Gasteiger partial charge in [-0.2, -0.15) is 0 Å². The number of anilines is 1. The van der Waals surface area contributed by atoms with Crippen molar-refractivity contribution in [2.24, 2.45) is 0 Å². The van der Waals surface area contributed by atoms with Crippen LogP contribution in [-0.2, 0) is 6.42 Å². The fraction of sp³-hybridized carbons (Fsp3) is 0.188. The lowest BCUT2D eigenvalue weighted by atomic mass is 10.1. The van der Waals surface area contributed by atoms with E-state index in [1.54, 1.807) is 12.1 Å². The monoisotopic (exact) mass is 272 g/mol. The highest BCUT2D eigenvalue weighted by Crippen LogP contribution is 2.08. The number of nitrogens with two attached hydrogens (primary N) is 1. The topological polar surface area (TPSA) is 55.1 Å². The van der Waals surface area contributed by atoms with E-state index in [2.05, 4.69) is 5.32 Å². The Labute approximate surface area is 117 Å². The number of nitrogens with one attached hydrogen (secondary N) is 1. The van der Waals surface area contributed by atoms with Crippen LogP contribution in [0.25, 0.3) is 0 Å². The molecule has 0 aliphatic rings. The van der Waals surface area contributed by atoms with Crippen molar-refractivity contribution in [2.45, 2.75) is 12.8 Å². The normalized spacial score (nSPS) is 10.2. The van der Waals surface area contributed by atoms with Crippen molar-refractivity contribution >= 4 is 11.6 Å². The first-order valence-electron chi connectivity index (χ1n) is 6.54. The van der Waals surface area contributed by atoms with Crippen molar-refractivity contribution in [3.05, 3.63) is 65.5 Å². The van der Waals surface area contributed by atoms with E-state index in [4.69, 9.17) is 5.73 Å². The number of rotatable bonds is 5. The van der Waals surface area contributed by atoms with E-state index in [0.29, 0.717) is 6.54 Å². The second-order valence-electron chi connectivity index (χ2n) is 4.58. The van der Waals surface area contributed by atoms with Gasteiger partial charge in [-0.1, -0.05) is 24.3 Å². The second-order valence-corrected chi connectivity index (χ2v) is 4.58. The predicted octanol–water partition coefficient (Wildman–Crippen LogP) is 2.77. The van der Waals surface area contributed by atoms with Crippen molar-refractivity contribution in [3.8, 4) is 0 Å². The van der Waals surface area contributed by atoms with Crippen LogP contribution in [0.3, 0.4) is 0 Å². The summed E-state index contributed by atoms with van der Waals surface area (Å²) in [5, 5.41) is 2.72. The largest absolute Gasteiger partial charge is 0.399 e. The van der Waals surface area contributed by atoms with E-state index in [0.717, 1.165) is 18.5 Å². The third-order valence-corrected chi connectivity index (χ3v) is 3.03. The number of aryl methyl sites for hydroxylation is 1. The Bertz CT molecular complexity index is 581. The number of carbonyl (C=O) groups excluding carboxylic acids is 1. The Kier molecular flexibility index (Phi) is 4.71. The number of halogens is 1. The summed E-state index contributed by atoms with van der Waals surface area (Å²) in [6.45, 7) is 0.511. The molecule has 20 heavy (non-hydrogen) atoms. The van der Waals surface area contributed by atoms with E-state index in [-0.39, 0.29) is 11.5 Å². The molecular weight excluding hydrogens is 255 g/mol. The average Bonchev–Trinajstić information content (AvgIpc) is 2.46. The molecule has 0 atom stereocenters. The maximum absolute atomic E-state index is 13.4. The number of hydrogen-bond donors (Lipinski definition) is 2. The maximum atomic E-state index is 13.4. The van der Waals surface area contributed by atoms with E-state index < -0.39 is 5.82 Å². The van der Waals surface area contributed by atoms with Gasteiger partial charge in [0.15, 0.2) is 0 Å². The Morgan fingerprint density at radius 2 is 1.80 bits per heavy atom. The highest BCUT2D eigenvalue weighted by Gasteiger charge is 2.09. The zero-order chi connectivity index (χ0) is 14.4. The summed E-state index contributed by atoms with van der Waals surface area (Å²) in [7, 11) is 0. The average molecular weight is 272 g/mol. The van der Waals surface area contributed by atoms with E-state index in [1.807, 2.05) is 24.3 Å². The molecule has 0 bridgehead atoms. The number of hydrogen-bond acceptors (Lipinski definition) is 2. The maximum Gasteiger partial charge on any atom is 0.254 e. The molecule has 0 saturated carbocycles. The summed E-state index contributed by atoms with van der Waals surface area (Å²) < 4.78 is 13.4. The molecule has 1 amide bonds. The summed E-state index contributed by atoms with van der Waals surface area (Å²) in [4.78, 5) is 11.8. The lowest BCUT2D eigenvalue weighted by molar-refractivity contribution is 0.0949. The summed E-state index contributed by atoms with van der Waals surface area (Å²) in [6, 6.07) is 13.6. The molecule has 2 rings (SSSR count). The third kappa shape index (κ3) is 3.82. The molecule has 0 fully saturated rings. The molecule has 3 N–H and O–H groups in total. The van der Waals surface area contributed by atoms with Crippen LogP contribution < -0.4 is 11.1 Å². The van der Waals surface area contributed by atoms with Gasteiger partial charge in [0.1, 0.15) is 5.82 Å². The summed E-state index contributed by atoms with van der Waals surface area (Å²) in [6.07, 6.45) is 1.64. The number of nitrogen functional groups attached to an aromatic ring is 1. The fourth-order valence-corrected chi connectivity index (χ4v) is 1.92. The van der Waals surface area contributed by atoms with E-state index in [1.165, 1.54) is 17.7 Å². The van der Waals surface area contributed by atoms with Gasteiger partial charge in [-0.05, 0) is 42.7 Å². The van der Waals surface area contributed by atoms with Gasteiger partial charge in [-0.25, -0.2) is 4.39 Å². The van der Waals surface area contributed by atoms with Gasteiger partial charge in [-0.15, -0.1) is 0 Å². The molecule has 0 aliphatic carbocycles. The van der Waals surface area contributed by atoms with Gasteiger partial charge >= 0.3 is 0 Å². The standard InChI is InChI=1S/C16H17FN2O/c17-15-6-2-1-5-14(15)16(20)19-11-3-4-12-7-9-13(18)10-8-12/h1-2,5-10H,3-4,11,18H2,(H,19,20). The summed E-state index contributed by atoms with van der Waals surface area (Å²) in [5.74, 6) is -0.871. The minimum atomic E-state index is -0.497. The molecule has 104 valence electrons. The zero-order valence-corrected chi connectivity index (χ0v) is 11.1. The summed E-state index contributed by atoms with van der Waals surface area (Å²) in [5.41, 5.74) is 7.59. The van der Waals surface area contributed by atoms with Gasteiger partial charge in [0.05, 0.1) is 5.56 Å². The predicted molar refractivity (Wildman–Crippen MR) is 77.9 cm³/mol. The minimum absolute atomic E-state index is 0.0833. The molecular formula is C16H17FN2O. The van der Waals surface area contributed by atoms with Gasteiger partial charge in [-0.3, -0.25) is 4.79 Å². The molecule has 0 aromatic heterocycles. The van der Waals surface area contributed by atoms with E-state index >= 15 is 0 Å². The Balaban J connectivity index is 1.77. The highest BCUT2D eigenvalue weighted by molar-refractivity contribution is 5.94. The van der Waals surface area contributed by atoms with Crippen LogP contribution in [0.5, 0.6) is 0 Å². The van der Waals surface area contributed by atoms with Crippen LogP contribution in [0.1, 0.15) is 22.3 Å². The van der Waals surface area contributed by atoms with Crippen molar-refractivity contribution in [1.82, 2.24) is 5.32 Å². The van der Waals surface area contributed by atoms with Crippen LogP contribution >= 0.6 is 0 Å². The quantitative estimate of drug-likeness (QED) is 0.649. The van der Waals surface area contributed by atoms with Crippen molar-refractivity contribution < 1.29 is 9.18 Å². The number of amides is 1. The van der Waals surface area contributed by atoms with Gasteiger partial charge in [0, 0.05) is 12.2 Å². The van der Waals surface area contributed by atoms with Crippen LogP contribution in [0.4, 0.5) is 10.1 Å². The van der Waals surface area contributed by atoms with E-state index in [9.17, 15) is 9.18 Å². The molecule has 4 heteroatoms. The first-order chi connectivity index (χ1) is 9.66. The molecule has 0 spiro atoms. The molecule has 2 aromatic rings. The SMILES string of the molecule is Nc1ccc(CCCNC(=O)c2ccccc2F)cc1. The fourth-order valence-electron chi connectivity index (χ4n) is 1.92. The number of benzene rings is 2. The zero-order valence-electron chi connectivity index (χ0n) is 11.1. The molecule has 2 aromatic carbocycles. The minimum Gasteiger partial charge on any atom is -0.399 e. The molecule has 3 nitrogen and oxygen atoms in total. The van der Waals surface area contributed by atoms with Crippen molar-refractivity contribution in [2.75, 3.05) is 12.3 Å². The Morgan fingerprint density at radius 1 is 1.10 bits per heavy atom. The van der Waals surface area contributed by atoms with Crippen molar-refractivity contribution in [3.63, 3.8) is 0 Å². The third-order valence-electron chi connectivity index (χ3n) is 3.03.